The Bertz CT molecular complexity index is 1210. The monoisotopic (exact) mass is 562 g/mol. The zero-order chi connectivity index (χ0) is 24.0. The first-order valence-electron chi connectivity index (χ1n) is 11.1. The van der Waals surface area contributed by atoms with Gasteiger partial charge in [-0.15, -0.1) is 5.54 Å². The van der Waals surface area contributed by atoms with Crippen LogP contribution in [0.1, 0.15) is 58.5 Å². The van der Waals surface area contributed by atoms with Gasteiger partial charge in [-0.05, 0) is 58.6 Å². The summed E-state index contributed by atoms with van der Waals surface area (Å²) in [6.45, 7) is 17.3. The van der Waals surface area contributed by atoms with E-state index in [0.29, 0.717) is 22.2 Å². The molecule has 0 aliphatic carbocycles. The lowest BCUT2D eigenvalue weighted by atomic mass is 10.1. The maximum absolute atomic E-state index is 15.5. The normalized spacial score (nSPS) is 12.2. The van der Waals surface area contributed by atoms with E-state index in [-0.39, 0.29) is 11.5 Å². The number of nitrogens with zero attached hydrogens (tertiary/aromatic N) is 4. The molecule has 0 fully saturated rings. The van der Waals surface area contributed by atoms with Crippen molar-refractivity contribution in [2.45, 2.75) is 72.0 Å². The molecule has 0 aliphatic heterocycles. The Kier molecular flexibility index (Phi) is 7.16. The van der Waals surface area contributed by atoms with Crippen LogP contribution >= 0.6 is 22.6 Å². The summed E-state index contributed by atoms with van der Waals surface area (Å²) in [4.78, 5) is 13.3. The maximum atomic E-state index is 15.5. The van der Waals surface area contributed by atoms with Crippen LogP contribution in [-0.4, -0.2) is 27.6 Å². The Labute approximate surface area is 205 Å². The Hall–Kier alpha value is -1.79. The molecular weight excluding hydrogens is 530 g/mol. The smallest absolute Gasteiger partial charge is 0.160 e. The minimum Gasteiger partial charge on any atom is -0.327 e. The van der Waals surface area contributed by atoms with E-state index in [1.807, 2.05) is 25.5 Å². The van der Waals surface area contributed by atoms with Crippen LogP contribution in [0.5, 0.6) is 0 Å². The van der Waals surface area contributed by atoms with E-state index in [2.05, 4.69) is 90.5 Å². The molecule has 170 valence electrons. The third kappa shape index (κ3) is 3.90. The van der Waals surface area contributed by atoms with Crippen LogP contribution in [0.15, 0.2) is 12.5 Å². The molecular formula is C25H32FIN4Si. The Morgan fingerprint density at radius 2 is 1.59 bits per heavy atom. The topological polar surface area (TPSA) is 43.6 Å². The first kappa shape index (κ1) is 24.8. The van der Waals surface area contributed by atoms with Crippen LogP contribution in [0.2, 0.25) is 16.6 Å². The summed E-state index contributed by atoms with van der Waals surface area (Å²) >= 11 is 2.30. The minimum atomic E-state index is -1.96. The summed E-state index contributed by atoms with van der Waals surface area (Å²) in [7, 11) is -0.0134. The van der Waals surface area contributed by atoms with Gasteiger partial charge in [0.15, 0.2) is 5.82 Å². The highest BCUT2D eigenvalue weighted by Gasteiger charge is 2.41. The molecule has 0 saturated carbocycles. The lowest BCUT2D eigenvalue weighted by molar-refractivity contribution is 0.608. The van der Waals surface area contributed by atoms with Gasteiger partial charge in [0, 0.05) is 18.8 Å². The van der Waals surface area contributed by atoms with E-state index in [0.717, 1.165) is 31.6 Å². The molecule has 0 bridgehead atoms. The van der Waals surface area contributed by atoms with Gasteiger partial charge in [-0.25, -0.2) is 19.3 Å². The van der Waals surface area contributed by atoms with Crippen molar-refractivity contribution < 1.29 is 4.39 Å². The molecule has 0 aromatic carbocycles. The summed E-state index contributed by atoms with van der Waals surface area (Å²) in [5, 5.41) is 0.996. The van der Waals surface area contributed by atoms with Crippen LogP contribution in [0.4, 0.5) is 4.39 Å². The number of aryl methyl sites for hydroxylation is 2. The van der Waals surface area contributed by atoms with Gasteiger partial charge in [-0.2, -0.15) is 0 Å². The predicted octanol–water partition coefficient (Wildman–Crippen LogP) is 6.96. The third-order valence-corrected chi connectivity index (χ3v) is 14.2. The molecule has 0 atom stereocenters. The molecule has 0 amide bonds. The van der Waals surface area contributed by atoms with Gasteiger partial charge in [-0.3, -0.25) is 0 Å². The largest absolute Gasteiger partial charge is 0.327 e. The van der Waals surface area contributed by atoms with Crippen molar-refractivity contribution in [1.82, 2.24) is 19.5 Å². The zero-order valence-electron chi connectivity index (χ0n) is 20.4. The fourth-order valence-corrected chi connectivity index (χ4v) is 11.6. The number of fused-ring (bicyclic) bond motifs is 1. The molecule has 3 aromatic heterocycles. The van der Waals surface area contributed by atoms with Crippen molar-refractivity contribution >= 4 is 41.7 Å². The fourth-order valence-electron chi connectivity index (χ4n) is 5.15. The third-order valence-electron chi connectivity index (χ3n) is 6.88. The van der Waals surface area contributed by atoms with Crippen molar-refractivity contribution in [3.63, 3.8) is 0 Å². The molecule has 0 radical (unpaired) electrons. The van der Waals surface area contributed by atoms with Crippen molar-refractivity contribution in [3.8, 4) is 22.7 Å². The lowest BCUT2D eigenvalue weighted by Crippen LogP contribution is -2.43. The van der Waals surface area contributed by atoms with Crippen molar-refractivity contribution in [2.24, 2.45) is 7.05 Å². The lowest BCUT2D eigenvalue weighted by Gasteiger charge is -2.38. The molecule has 3 heterocycles. The van der Waals surface area contributed by atoms with Crippen molar-refractivity contribution in [2.75, 3.05) is 0 Å². The summed E-state index contributed by atoms with van der Waals surface area (Å²) in [5.41, 5.74) is 9.26. The zero-order valence-corrected chi connectivity index (χ0v) is 23.6. The molecule has 3 rings (SSSR count). The Morgan fingerprint density at radius 3 is 2.12 bits per heavy atom. The number of rotatable bonds is 4. The van der Waals surface area contributed by atoms with Crippen LogP contribution in [0, 0.1) is 34.7 Å². The molecule has 0 saturated heterocycles. The van der Waals surface area contributed by atoms with Crippen LogP contribution in [0.25, 0.3) is 22.3 Å². The first-order chi connectivity index (χ1) is 14.9. The van der Waals surface area contributed by atoms with Crippen LogP contribution in [-0.2, 0) is 7.05 Å². The number of aromatic nitrogens is 4. The highest BCUT2D eigenvalue weighted by molar-refractivity contribution is 14.1. The van der Waals surface area contributed by atoms with E-state index >= 15 is 4.39 Å². The molecule has 0 spiro atoms. The summed E-state index contributed by atoms with van der Waals surface area (Å²) in [6, 6.07) is 0. The van der Waals surface area contributed by atoms with E-state index in [9.17, 15) is 0 Å². The molecule has 3 aromatic rings. The molecule has 4 nitrogen and oxygen atoms in total. The maximum Gasteiger partial charge on any atom is 0.160 e. The average molecular weight is 563 g/mol. The van der Waals surface area contributed by atoms with E-state index < -0.39 is 8.07 Å². The first-order valence-corrected chi connectivity index (χ1v) is 14.4. The summed E-state index contributed by atoms with van der Waals surface area (Å²) in [5.74, 6) is 2.84. The van der Waals surface area contributed by atoms with Crippen molar-refractivity contribution in [3.05, 3.63) is 38.9 Å². The second-order valence-electron chi connectivity index (χ2n) is 9.49. The Morgan fingerprint density at radius 1 is 1.00 bits per heavy atom. The van der Waals surface area contributed by atoms with Gasteiger partial charge in [0.1, 0.15) is 25.7 Å². The minimum absolute atomic E-state index is 0.245. The quantitative estimate of drug-likeness (QED) is 0.196. The highest BCUT2D eigenvalue weighted by atomic mass is 127. The van der Waals surface area contributed by atoms with E-state index in [1.54, 1.807) is 12.5 Å². The van der Waals surface area contributed by atoms with Gasteiger partial charge in [0.2, 0.25) is 0 Å². The number of hydrogen-bond donors (Lipinski definition) is 0. The van der Waals surface area contributed by atoms with Crippen molar-refractivity contribution in [1.29, 1.82) is 0 Å². The molecule has 7 heteroatoms. The fraction of sp³-hybridized carbons (Fsp3) is 0.480. The Balaban J connectivity index is 2.18. The number of hydrogen-bond acceptors (Lipinski definition) is 3. The van der Waals surface area contributed by atoms with Gasteiger partial charge < -0.3 is 4.57 Å². The predicted molar refractivity (Wildman–Crippen MR) is 142 cm³/mol. The highest BCUT2D eigenvalue weighted by Crippen LogP contribution is 2.41. The van der Waals surface area contributed by atoms with E-state index in [4.69, 9.17) is 0 Å². The van der Waals surface area contributed by atoms with Gasteiger partial charge in [0.25, 0.3) is 0 Å². The standard InChI is InChI=1S/C25H32FIN4Si/c1-14(2)32(15(3)4,16(5)6)11-10-20-22(26)17(7)19(12-28-20)24-23(27)21-18(8)29-13-30-25(21)31(24)9/h12-16H,1-9H3. The number of halogens is 2. The van der Waals surface area contributed by atoms with Crippen LogP contribution < -0.4 is 0 Å². The SMILES string of the molecule is Cc1c(-c2c(I)c3c(C)ncnc3n2C)cnc(C#C[Si](C(C)C)(C(C)C)C(C)C)c1F. The summed E-state index contributed by atoms with van der Waals surface area (Å²) < 4.78 is 18.5. The molecule has 32 heavy (non-hydrogen) atoms. The molecule has 0 N–H and O–H groups in total. The van der Waals surface area contributed by atoms with Gasteiger partial charge in [-0.1, -0.05) is 47.5 Å². The molecule has 0 unspecified atom stereocenters. The van der Waals surface area contributed by atoms with E-state index in [1.165, 1.54) is 0 Å². The summed E-state index contributed by atoms with van der Waals surface area (Å²) in [6.07, 6.45) is 3.32. The second kappa shape index (κ2) is 9.22. The van der Waals surface area contributed by atoms with Gasteiger partial charge >= 0.3 is 0 Å². The second-order valence-corrected chi connectivity index (χ2v) is 16.1. The van der Waals surface area contributed by atoms with Gasteiger partial charge in [0.05, 0.1) is 20.3 Å². The number of pyridine rings is 1. The molecule has 0 aliphatic rings. The van der Waals surface area contributed by atoms with Crippen LogP contribution in [0.3, 0.4) is 0 Å². The average Bonchev–Trinajstić information content (AvgIpc) is 2.96.